The molecule has 5 heteroatoms. The minimum atomic E-state index is -0.413. The normalized spacial score (nSPS) is 13.6. The molecular weight excluding hydrogens is 230 g/mol. The molecule has 0 spiro atoms. The van der Waals surface area contributed by atoms with Crippen molar-refractivity contribution in [3.05, 3.63) is 12.2 Å². The highest BCUT2D eigenvalue weighted by Gasteiger charge is 2.31. The molecule has 0 N–H and O–H groups in total. The van der Waals surface area contributed by atoms with E-state index in [9.17, 15) is 4.79 Å². The van der Waals surface area contributed by atoms with Crippen molar-refractivity contribution in [3.8, 4) is 0 Å². The van der Waals surface area contributed by atoms with Crippen LogP contribution >= 0.6 is 0 Å². The van der Waals surface area contributed by atoms with E-state index in [1.807, 2.05) is 20.8 Å². The number of hydrogen-bond donors (Lipinski definition) is 0. The number of aryl methyl sites for hydroxylation is 1. The predicted molar refractivity (Wildman–Crippen MR) is 69.3 cm³/mol. The van der Waals surface area contributed by atoms with Gasteiger partial charge in [-0.05, 0) is 11.8 Å². The lowest BCUT2D eigenvalue weighted by molar-refractivity contribution is -0.134. The fraction of sp³-hybridized carbons (Fsp3) is 0.769. The summed E-state index contributed by atoms with van der Waals surface area (Å²) in [5, 5.41) is 4.12. The minimum absolute atomic E-state index is 0.0513. The van der Waals surface area contributed by atoms with E-state index in [2.05, 4.69) is 17.0 Å². The van der Waals surface area contributed by atoms with Gasteiger partial charge in [-0.3, -0.25) is 4.79 Å². The highest BCUT2D eigenvalue weighted by atomic mass is 16.5. The molecule has 0 aliphatic carbocycles. The molecule has 0 aliphatic heterocycles. The summed E-state index contributed by atoms with van der Waals surface area (Å²) in [4.78, 5) is 16.4. The molecular formula is C13H23N3O2. The van der Waals surface area contributed by atoms with Gasteiger partial charge >= 0.3 is 0 Å². The summed E-state index contributed by atoms with van der Waals surface area (Å²) in [5.41, 5.74) is -0.207. The van der Waals surface area contributed by atoms with Gasteiger partial charge in [-0.25, -0.2) is 9.67 Å². The molecule has 0 saturated carbocycles. The summed E-state index contributed by atoms with van der Waals surface area (Å²) in [6, 6.07) is 0. The second-order valence-electron chi connectivity index (χ2n) is 5.52. The SMILES string of the molecule is CCCn1ncnc1CC(=O)C(OC)C(C)(C)C. The molecule has 0 aliphatic rings. The van der Waals surface area contributed by atoms with E-state index in [0.717, 1.165) is 13.0 Å². The van der Waals surface area contributed by atoms with E-state index in [1.165, 1.54) is 6.33 Å². The molecule has 18 heavy (non-hydrogen) atoms. The molecule has 1 aromatic heterocycles. The van der Waals surface area contributed by atoms with Gasteiger partial charge < -0.3 is 4.74 Å². The Hall–Kier alpha value is -1.23. The number of methoxy groups -OCH3 is 1. The maximum atomic E-state index is 12.2. The summed E-state index contributed by atoms with van der Waals surface area (Å²) in [5.74, 6) is 0.767. The van der Waals surface area contributed by atoms with E-state index >= 15 is 0 Å². The molecule has 1 unspecified atom stereocenters. The lowest BCUT2D eigenvalue weighted by atomic mass is 9.85. The van der Waals surface area contributed by atoms with E-state index in [1.54, 1.807) is 11.8 Å². The smallest absolute Gasteiger partial charge is 0.169 e. The monoisotopic (exact) mass is 253 g/mol. The first-order valence-electron chi connectivity index (χ1n) is 6.32. The number of rotatable bonds is 6. The van der Waals surface area contributed by atoms with Crippen LogP contribution in [0, 0.1) is 5.41 Å². The van der Waals surface area contributed by atoms with E-state index < -0.39 is 6.10 Å². The van der Waals surface area contributed by atoms with E-state index in [4.69, 9.17) is 4.74 Å². The molecule has 0 radical (unpaired) electrons. The van der Waals surface area contributed by atoms with Crippen molar-refractivity contribution >= 4 is 5.78 Å². The molecule has 0 bridgehead atoms. The molecule has 0 saturated heterocycles. The molecule has 5 nitrogen and oxygen atoms in total. The summed E-state index contributed by atoms with van der Waals surface area (Å²) in [6.45, 7) is 8.84. The van der Waals surface area contributed by atoms with Crippen molar-refractivity contribution < 1.29 is 9.53 Å². The standard InChI is InChI=1S/C13H23N3O2/c1-6-7-16-11(14-9-15-16)8-10(17)12(18-5)13(2,3)4/h9,12H,6-8H2,1-5H3. The molecule has 1 atom stereocenters. The van der Waals surface area contributed by atoms with Crippen LogP contribution < -0.4 is 0 Å². The summed E-state index contributed by atoms with van der Waals surface area (Å²) >= 11 is 0. The highest BCUT2D eigenvalue weighted by Crippen LogP contribution is 2.23. The number of Topliss-reactive ketones (excluding diaryl/α,β-unsaturated/α-hetero) is 1. The van der Waals surface area contributed by atoms with Gasteiger partial charge in [0.2, 0.25) is 0 Å². The van der Waals surface area contributed by atoms with Crippen molar-refractivity contribution in [2.75, 3.05) is 7.11 Å². The quantitative estimate of drug-likeness (QED) is 0.776. The summed E-state index contributed by atoms with van der Waals surface area (Å²) in [6.07, 6.45) is 2.33. The van der Waals surface area contributed by atoms with Crippen molar-refractivity contribution in [3.63, 3.8) is 0 Å². The lowest BCUT2D eigenvalue weighted by Gasteiger charge is -2.27. The van der Waals surface area contributed by atoms with Gasteiger partial charge in [-0.1, -0.05) is 27.7 Å². The third kappa shape index (κ3) is 3.63. The zero-order valence-corrected chi connectivity index (χ0v) is 11.9. The van der Waals surface area contributed by atoms with Gasteiger partial charge in [-0.15, -0.1) is 0 Å². The van der Waals surface area contributed by atoms with Crippen molar-refractivity contribution in [1.29, 1.82) is 0 Å². The maximum Gasteiger partial charge on any atom is 0.169 e. The van der Waals surface area contributed by atoms with Crippen LogP contribution in [0.5, 0.6) is 0 Å². The van der Waals surface area contributed by atoms with Crippen LogP contribution in [0.15, 0.2) is 6.33 Å². The zero-order chi connectivity index (χ0) is 13.8. The number of carbonyl (C=O) groups is 1. The molecule has 1 aromatic rings. The molecule has 1 rings (SSSR count). The number of ketones is 1. The highest BCUT2D eigenvalue weighted by molar-refractivity contribution is 5.85. The fourth-order valence-corrected chi connectivity index (χ4v) is 2.04. The summed E-state index contributed by atoms with van der Waals surface area (Å²) < 4.78 is 7.10. The van der Waals surface area contributed by atoms with Crippen LogP contribution in [0.2, 0.25) is 0 Å². The number of carbonyl (C=O) groups excluding carboxylic acids is 1. The first-order valence-corrected chi connectivity index (χ1v) is 6.32. The van der Waals surface area contributed by atoms with Crippen molar-refractivity contribution in [2.45, 2.75) is 53.2 Å². The van der Waals surface area contributed by atoms with E-state index in [-0.39, 0.29) is 17.6 Å². The average Bonchev–Trinajstić information content (AvgIpc) is 2.65. The van der Waals surface area contributed by atoms with Crippen LogP contribution in [0.3, 0.4) is 0 Å². The first-order chi connectivity index (χ1) is 8.40. The number of nitrogens with zero attached hydrogens (tertiary/aromatic N) is 3. The predicted octanol–water partition coefficient (Wildman–Crippen LogP) is 1.86. The van der Waals surface area contributed by atoms with Gasteiger partial charge in [-0.2, -0.15) is 5.10 Å². The number of hydrogen-bond acceptors (Lipinski definition) is 4. The molecule has 1 heterocycles. The summed E-state index contributed by atoms with van der Waals surface area (Å²) in [7, 11) is 1.57. The Labute approximate surface area is 109 Å². The number of aromatic nitrogens is 3. The van der Waals surface area contributed by atoms with Crippen molar-refractivity contribution in [1.82, 2.24) is 14.8 Å². The molecule has 0 aromatic carbocycles. The second kappa shape index (κ2) is 6.09. The van der Waals surface area contributed by atoms with Gasteiger partial charge in [0.05, 0.1) is 6.42 Å². The first kappa shape index (κ1) is 14.8. The topological polar surface area (TPSA) is 57.0 Å². The Bertz CT molecular complexity index is 393. The largest absolute Gasteiger partial charge is 0.373 e. The van der Waals surface area contributed by atoms with E-state index in [0.29, 0.717) is 5.82 Å². The van der Waals surface area contributed by atoms with Crippen LogP contribution in [-0.2, 0) is 22.5 Å². The third-order valence-corrected chi connectivity index (χ3v) is 2.78. The molecule has 0 amide bonds. The van der Waals surface area contributed by atoms with Gasteiger partial charge in [0.15, 0.2) is 5.78 Å². The Morgan fingerprint density at radius 1 is 1.50 bits per heavy atom. The zero-order valence-electron chi connectivity index (χ0n) is 11.9. The minimum Gasteiger partial charge on any atom is -0.373 e. The second-order valence-corrected chi connectivity index (χ2v) is 5.52. The number of ether oxygens (including phenoxy) is 1. The molecule has 0 fully saturated rings. The molecule has 102 valence electrons. The van der Waals surface area contributed by atoms with Crippen molar-refractivity contribution in [2.24, 2.45) is 5.41 Å². The Kier molecular flexibility index (Phi) is 5.02. The third-order valence-electron chi connectivity index (χ3n) is 2.78. The van der Waals surface area contributed by atoms with Crippen LogP contribution in [0.4, 0.5) is 0 Å². The van der Waals surface area contributed by atoms with Gasteiger partial charge in [0.1, 0.15) is 18.3 Å². The van der Waals surface area contributed by atoms with Crippen LogP contribution in [-0.4, -0.2) is 33.8 Å². The average molecular weight is 253 g/mol. The fourth-order valence-electron chi connectivity index (χ4n) is 2.04. The van der Waals surface area contributed by atoms with Crippen LogP contribution in [0.1, 0.15) is 39.9 Å². The maximum absolute atomic E-state index is 12.2. The Morgan fingerprint density at radius 2 is 2.17 bits per heavy atom. The Balaban J connectivity index is 2.77. The van der Waals surface area contributed by atoms with Gasteiger partial charge in [0.25, 0.3) is 0 Å². The lowest BCUT2D eigenvalue weighted by Crippen LogP contribution is -2.37. The van der Waals surface area contributed by atoms with Gasteiger partial charge in [0, 0.05) is 13.7 Å². The van der Waals surface area contributed by atoms with Crippen LogP contribution in [0.25, 0.3) is 0 Å². The Morgan fingerprint density at radius 3 is 2.67 bits per heavy atom.